The van der Waals surface area contributed by atoms with Crippen LogP contribution in [-0.4, -0.2) is 12.2 Å². The maximum Gasteiger partial charge on any atom is 0.0764 e. The molecular weight excluding hydrogens is 198 g/mol. The SMILES string of the molecule is CC1NNC(N)C1c1ccc(Cl)cc1. The van der Waals surface area contributed by atoms with Crippen LogP contribution in [0, 0.1) is 0 Å². The average Bonchev–Trinajstić information content (AvgIpc) is 2.49. The van der Waals surface area contributed by atoms with Crippen LogP contribution in [-0.2, 0) is 0 Å². The highest BCUT2D eigenvalue weighted by molar-refractivity contribution is 6.30. The summed E-state index contributed by atoms with van der Waals surface area (Å²) in [5.74, 6) is 0.298. The van der Waals surface area contributed by atoms with Gasteiger partial charge in [0, 0.05) is 17.0 Å². The molecule has 1 saturated heterocycles. The van der Waals surface area contributed by atoms with Gasteiger partial charge in [-0.15, -0.1) is 0 Å². The average molecular weight is 212 g/mol. The Morgan fingerprint density at radius 2 is 1.86 bits per heavy atom. The predicted molar refractivity (Wildman–Crippen MR) is 57.9 cm³/mol. The third kappa shape index (κ3) is 1.77. The number of hydrazine groups is 1. The molecule has 3 nitrogen and oxygen atoms in total. The summed E-state index contributed by atoms with van der Waals surface area (Å²) in [5.41, 5.74) is 13.3. The van der Waals surface area contributed by atoms with Crippen molar-refractivity contribution in [2.24, 2.45) is 5.73 Å². The molecule has 3 atom stereocenters. The number of rotatable bonds is 1. The third-order valence-electron chi connectivity index (χ3n) is 2.66. The highest BCUT2D eigenvalue weighted by Gasteiger charge is 2.31. The predicted octanol–water partition coefficient (Wildman–Crippen LogP) is 1.20. The summed E-state index contributed by atoms with van der Waals surface area (Å²) in [4.78, 5) is 0. The van der Waals surface area contributed by atoms with Gasteiger partial charge in [-0.05, 0) is 24.6 Å². The van der Waals surface area contributed by atoms with Gasteiger partial charge in [0.15, 0.2) is 0 Å². The van der Waals surface area contributed by atoms with E-state index in [-0.39, 0.29) is 6.17 Å². The van der Waals surface area contributed by atoms with Crippen molar-refractivity contribution in [1.82, 2.24) is 10.9 Å². The number of benzene rings is 1. The maximum atomic E-state index is 5.93. The Balaban J connectivity index is 2.25. The van der Waals surface area contributed by atoms with E-state index in [1.807, 2.05) is 24.3 Å². The molecule has 0 saturated carbocycles. The van der Waals surface area contributed by atoms with Crippen molar-refractivity contribution in [3.63, 3.8) is 0 Å². The van der Waals surface area contributed by atoms with E-state index in [0.717, 1.165) is 5.02 Å². The Hall–Kier alpha value is -0.610. The monoisotopic (exact) mass is 211 g/mol. The van der Waals surface area contributed by atoms with Crippen LogP contribution in [0.3, 0.4) is 0 Å². The Morgan fingerprint density at radius 1 is 1.21 bits per heavy atom. The Labute approximate surface area is 88.6 Å². The topological polar surface area (TPSA) is 50.1 Å². The molecule has 1 aromatic rings. The molecule has 1 fully saturated rings. The molecule has 14 heavy (non-hydrogen) atoms. The minimum absolute atomic E-state index is 0.0359. The first-order chi connectivity index (χ1) is 6.68. The van der Waals surface area contributed by atoms with Gasteiger partial charge in [-0.25, -0.2) is 5.43 Å². The smallest absolute Gasteiger partial charge is 0.0764 e. The summed E-state index contributed by atoms with van der Waals surface area (Å²) >= 11 is 5.83. The molecule has 4 heteroatoms. The van der Waals surface area contributed by atoms with Gasteiger partial charge in [-0.2, -0.15) is 0 Å². The number of hydrogen-bond donors (Lipinski definition) is 3. The van der Waals surface area contributed by atoms with Crippen LogP contribution in [0.2, 0.25) is 5.02 Å². The van der Waals surface area contributed by atoms with Crippen molar-refractivity contribution < 1.29 is 0 Å². The zero-order valence-electron chi connectivity index (χ0n) is 8.00. The number of halogens is 1. The lowest BCUT2D eigenvalue weighted by Gasteiger charge is -2.17. The Kier molecular flexibility index (Phi) is 2.74. The molecule has 0 aliphatic carbocycles. The second kappa shape index (κ2) is 3.87. The molecule has 0 bridgehead atoms. The first-order valence-corrected chi connectivity index (χ1v) is 5.08. The van der Waals surface area contributed by atoms with E-state index in [1.165, 1.54) is 5.56 Å². The largest absolute Gasteiger partial charge is 0.314 e. The minimum Gasteiger partial charge on any atom is -0.314 e. The van der Waals surface area contributed by atoms with Gasteiger partial charge in [0.25, 0.3) is 0 Å². The summed E-state index contributed by atoms with van der Waals surface area (Å²) in [5, 5.41) is 0.758. The van der Waals surface area contributed by atoms with Crippen molar-refractivity contribution in [2.45, 2.75) is 25.0 Å². The van der Waals surface area contributed by atoms with E-state index in [4.69, 9.17) is 17.3 Å². The fraction of sp³-hybridized carbons (Fsp3) is 0.400. The van der Waals surface area contributed by atoms with Crippen LogP contribution >= 0.6 is 11.6 Å². The van der Waals surface area contributed by atoms with Crippen LogP contribution in [0.5, 0.6) is 0 Å². The van der Waals surface area contributed by atoms with Gasteiger partial charge in [0.2, 0.25) is 0 Å². The quantitative estimate of drug-likeness (QED) is 0.655. The van der Waals surface area contributed by atoms with Crippen LogP contribution < -0.4 is 16.6 Å². The van der Waals surface area contributed by atoms with E-state index < -0.39 is 0 Å². The number of hydrogen-bond acceptors (Lipinski definition) is 3. The zero-order chi connectivity index (χ0) is 10.1. The van der Waals surface area contributed by atoms with E-state index >= 15 is 0 Å². The Morgan fingerprint density at radius 3 is 2.36 bits per heavy atom. The number of nitrogens with one attached hydrogen (secondary N) is 2. The van der Waals surface area contributed by atoms with Gasteiger partial charge in [0.1, 0.15) is 0 Å². The van der Waals surface area contributed by atoms with Gasteiger partial charge in [0.05, 0.1) is 6.17 Å². The third-order valence-corrected chi connectivity index (χ3v) is 2.91. The van der Waals surface area contributed by atoms with Crippen molar-refractivity contribution in [2.75, 3.05) is 0 Å². The second-order valence-corrected chi connectivity index (χ2v) is 4.12. The molecule has 0 aromatic heterocycles. The van der Waals surface area contributed by atoms with Gasteiger partial charge >= 0.3 is 0 Å². The fourth-order valence-corrected chi connectivity index (χ4v) is 2.03. The van der Waals surface area contributed by atoms with Gasteiger partial charge in [-0.1, -0.05) is 23.7 Å². The van der Waals surface area contributed by atoms with Gasteiger partial charge < -0.3 is 5.73 Å². The molecule has 76 valence electrons. The van der Waals surface area contributed by atoms with Crippen LogP contribution in [0.15, 0.2) is 24.3 Å². The van der Waals surface area contributed by atoms with Crippen LogP contribution in [0.25, 0.3) is 0 Å². The maximum absolute atomic E-state index is 5.93. The lowest BCUT2D eigenvalue weighted by molar-refractivity contribution is 0.546. The summed E-state index contributed by atoms with van der Waals surface area (Å²) in [6.07, 6.45) is -0.0359. The van der Waals surface area contributed by atoms with Crippen LogP contribution in [0.4, 0.5) is 0 Å². The van der Waals surface area contributed by atoms with Gasteiger partial charge in [-0.3, -0.25) is 5.43 Å². The van der Waals surface area contributed by atoms with Crippen molar-refractivity contribution in [3.05, 3.63) is 34.9 Å². The van der Waals surface area contributed by atoms with E-state index in [9.17, 15) is 0 Å². The zero-order valence-corrected chi connectivity index (χ0v) is 8.75. The molecule has 1 aromatic carbocycles. The van der Waals surface area contributed by atoms with Crippen LogP contribution in [0.1, 0.15) is 18.4 Å². The first-order valence-electron chi connectivity index (χ1n) is 4.70. The van der Waals surface area contributed by atoms with Crippen molar-refractivity contribution in [3.8, 4) is 0 Å². The fourth-order valence-electron chi connectivity index (χ4n) is 1.90. The van der Waals surface area contributed by atoms with E-state index in [2.05, 4.69) is 17.8 Å². The summed E-state index contributed by atoms with van der Waals surface area (Å²) < 4.78 is 0. The Bertz CT molecular complexity index is 302. The second-order valence-electron chi connectivity index (χ2n) is 3.68. The van der Waals surface area contributed by atoms with Crippen molar-refractivity contribution in [1.29, 1.82) is 0 Å². The van der Waals surface area contributed by atoms with E-state index in [1.54, 1.807) is 0 Å². The molecule has 0 radical (unpaired) electrons. The first kappa shape index (κ1) is 9.93. The molecule has 3 unspecified atom stereocenters. The lowest BCUT2D eigenvalue weighted by Crippen LogP contribution is -2.38. The summed E-state index contributed by atoms with van der Waals surface area (Å²) in [7, 11) is 0. The standard InChI is InChI=1S/C10H14ClN3/c1-6-9(10(12)14-13-6)7-2-4-8(11)5-3-7/h2-6,9-10,13-14H,12H2,1H3. The van der Waals surface area contributed by atoms with E-state index in [0.29, 0.717) is 12.0 Å². The lowest BCUT2D eigenvalue weighted by atomic mass is 9.92. The summed E-state index contributed by atoms with van der Waals surface area (Å²) in [6.45, 7) is 2.11. The molecule has 0 spiro atoms. The highest BCUT2D eigenvalue weighted by atomic mass is 35.5. The normalized spacial score (nSPS) is 32.1. The molecule has 0 amide bonds. The molecule has 1 aliphatic rings. The molecular formula is C10H14ClN3. The minimum atomic E-state index is -0.0359. The summed E-state index contributed by atoms with van der Waals surface area (Å²) in [6, 6.07) is 8.19. The molecule has 4 N–H and O–H groups in total. The molecule has 2 rings (SSSR count). The van der Waals surface area contributed by atoms with Crippen molar-refractivity contribution >= 4 is 11.6 Å². The highest BCUT2D eigenvalue weighted by Crippen LogP contribution is 2.25. The number of nitrogens with two attached hydrogens (primary N) is 1. The molecule has 1 aliphatic heterocycles. The molecule has 1 heterocycles.